The maximum atomic E-state index is 5.89. The van der Waals surface area contributed by atoms with Crippen LogP contribution >= 0.6 is 23.2 Å². The van der Waals surface area contributed by atoms with Crippen molar-refractivity contribution in [3.05, 3.63) is 40.4 Å². The third-order valence-electron chi connectivity index (χ3n) is 1.63. The van der Waals surface area contributed by atoms with Crippen LogP contribution in [-0.4, -0.2) is 13.2 Å². The second kappa shape index (κ2) is 5.25. The summed E-state index contributed by atoms with van der Waals surface area (Å²) in [4.78, 5) is 0. The van der Waals surface area contributed by atoms with Crippen LogP contribution in [0.2, 0.25) is 10.0 Å². The minimum atomic E-state index is 0.333. The van der Waals surface area contributed by atoms with E-state index in [9.17, 15) is 0 Å². The second-order valence-electron chi connectivity index (χ2n) is 2.79. The largest absolute Gasteiger partial charge is 0.486 e. The Morgan fingerprint density at radius 3 is 2.43 bits per heavy atom. The van der Waals surface area contributed by atoms with Crippen molar-refractivity contribution in [2.45, 2.75) is 0 Å². The van der Waals surface area contributed by atoms with Crippen LogP contribution in [0.25, 0.3) is 0 Å². The Morgan fingerprint density at radius 1 is 1.36 bits per heavy atom. The van der Waals surface area contributed by atoms with E-state index in [0.29, 0.717) is 28.9 Å². The van der Waals surface area contributed by atoms with Gasteiger partial charge in [0, 0.05) is 6.54 Å². The fraction of sp³-hybridized carbons (Fsp3) is 0.200. The molecule has 0 saturated heterocycles. The second-order valence-corrected chi connectivity index (χ2v) is 3.61. The summed E-state index contributed by atoms with van der Waals surface area (Å²) in [5.74, 6) is 0.477. The SMILES string of the molecule is C=C(CN)COc1c(Cl)cccc1Cl. The lowest BCUT2D eigenvalue weighted by atomic mass is 10.3. The zero-order chi connectivity index (χ0) is 10.6. The molecule has 1 aromatic rings. The molecule has 76 valence electrons. The molecule has 0 saturated carbocycles. The van der Waals surface area contributed by atoms with Gasteiger partial charge >= 0.3 is 0 Å². The number of para-hydroxylation sites is 1. The van der Waals surface area contributed by atoms with Gasteiger partial charge in [-0.15, -0.1) is 0 Å². The third kappa shape index (κ3) is 2.91. The van der Waals surface area contributed by atoms with Gasteiger partial charge in [0.15, 0.2) is 5.75 Å². The number of hydrogen-bond donors (Lipinski definition) is 1. The highest BCUT2D eigenvalue weighted by Crippen LogP contribution is 2.32. The van der Waals surface area contributed by atoms with Gasteiger partial charge in [-0.05, 0) is 17.7 Å². The van der Waals surface area contributed by atoms with E-state index in [0.717, 1.165) is 5.57 Å². The molecule has 1 aromatic carbocycles. The van der Waals surface area contributed by atoms with E-state index in [1.807, 2.05) is 0 Å². The fourth-order valence-corrected chi connectivity index (χ4v) is 1.36. The van der Waals surface area contributed by atoms with Gasteiger partial charge in [0.25, 0.3) is 0 Å². The monoisotopic (exact) mass is 231 g/mol. The minimum Gasteiger partial charge on any atom is -0.486 e. The summed E-state index contributed by atoms with van der Waals surface area (Å²) >= 11 is 11.8. The van der Waals surface area contributed by atoms with Crippen molar-refractivity contribution in [2.75, 3.05) is 13.2 Å². The van der Waals surface area contributed by atoms with Gasteiger partial charge < -0.3 is 10.5 Å². The predicted molar refractivity (Wildman–Crippen MR) is 60.2 cm³/mol. The van der Waals surface area contributed by atoms with Gasteiger partial charge in [-0.3, -0.25) is 0 Å². The lowest BCUT2D eigenvalue weighted by Gasteiger charge is -2.09. The Balaban J connectivity index is 2.71. The van der Waals surface area contributed by atoms with Crippen molar-refractivity contribution >= 4 is 23.2 Å². The van der Waals surface area contributed by atoms with Crippen LogP contribution in [-0.2, 0) is 0 Å². The van der Waals surface area contributed by atoms with Crippen molar-refractivity contribution in [3.8, 4) is 5.75 Å². The normalized spacial score (nSPS) is 9.93. The maximum absolute atomic E-state index is 5.89. The number of benzene rings is 1. The molecule has 0 aliphatic carbocycles. The molecule has 0 aliphatic heterocycles. The quantitative estimate of drug-likeness (QED) is 0.810. The number of ether oxygens (including phenoxy) is 1. The Bertz CT molecular complexity index is 319. The highest BCUT2D eigenvalue weighted by molar-refractivity contribution is 6.37. The summed E-state index contributed by atoms with van der Waals surface area (Å²) in [6.07, 6.45) is 0. The molecule has 0 heterocycles. The number of halogens is 2. The molecule has 4 heteroatoms. The molecule has 0 amide bonds. The van der Waals surface area contributed by atoms with E-state index in [2.05, 4.69) is 6.58 Å². The van der Waals surface area contributed by atoms with E-state index in [-0.39, 0.29) is 0 Å². The smallest absolute Gasteiger partial charge is 0.156 e. The van der Waals surface area contributed by atoms with Gasteiger partial charge in [0.2, 0.25) is 0 Å². The van der Waals surface area contributed by atoms with Gasteiger partial charge in [-0.25, -0.2) is 0 Å². The fourth-order valence-electron chi connectivity index (χ4n) is 0.854. The van der Waals surface area contributed by atoms with E-state index >= 15 is 0 Å². The van der Waals surface area contributed by atoms with Crippen LogP contribution < -0.4 is 10.5 Å². The lowest BCUT2D eigenvalue weighted by Crippen LogP contribution is -2.10. The third-order valence-corrected chi connectivity index (χ3v) is 2.22. The summed E-state index contributed by atoms with van der Waals surface area (Å²) in [6.45, 7) is 4.44. The van der Waals surface area contributed by atoms with Crippen molar-refractivity contribution in [3.63, 3.8) is 0 Å². The van der Waals surface area contributed by atoms with Gasteiger partial charge in [0.05, 0.1) is 10.0 Å². The summed E-state index contributed by atoms with van der Waals surface area (Å²) in [7, 11) is 0. The van der Waals surface area contributed by atoms with Crippen LogP contribution in [0, 0.1) is 0 Å². The molecule has 0 fully saturated rings. The lowest BCUT2D eigenvalue weighted by molar-refractivity contribution is 0.351. The molecule has 14 heavy (non-hydrogen) atoms. The zero-order valence-corrected chi connectivity index (χ0v) is 9.11. The summed E-state index contributed by atoms with van der Waals surface area (Å²) in [6, 6.07) is 5.19. The van der Waals surface area contributed by atoms with Crippen molar-refractivity contribution in [2.24, 2.45) is 5.73 Å². The van der Waals surface area contributed by atoms with E-state index in [1.54, 1.807) is 18.2 Å². The number of nitrogens with two attached hydrogens (primary N) is 1. The Hall–Kier alpha value is -0.700. The van der Waals surface area contributed by atoms with Crippen LogP contribution in [0.1, 0.15) is 0 Å². The molecule has 1 rings (SSSR count). The Labute approximate surface area is 93.3 Å². The molecule has 0 aliphatic rings. The summed E-state index contributed by atoms with van der Waals surface area (Å²) in [5, 5.41) is 0.977. The molecule has 0 unspecified atom stereocenters. The average molecular weight is 232 g/mol. The minimum absolute atomic E-state index is 0.333. The first-order valence-electron chi connectivity index (χ1n) is 4.08. The van der Waals surface area contributed by atoms with E-state index in [4.69, 9.17) is 33.7 Å². The Morgan fingerprint density at radius 2 is 1.93 bits per heavy atom. The molecule has 0 aromatic heterocycles. The summed E-state index contributed by atoms with van der Waals surface area (Å²) in [5.41, 5.74) is 6.16. The standard InChI is InChI=1S/C10H11Cl2NO/c1-7(5-13)6-14-10-8(11)3-2-4-9(10)12/h2-4H,1,5-6,13H2. The first kappa shape index (κ1) is 11.4. The van der Waals surface area contributed by atoms with Gasteiger partial charge in [0.1, 0.15) is 6.61 Å². The van der Waals surface area contributed by atoms with Crippen molar-refractivity contribution in [1.29, 1.82) is 0 Å². The molecular weight excluding hydrogens is 221 g/mol. The zero-order valence-electron chi connectivity index (χ0n) is 7.59. The molecule has 0 atom stereocenters. The van der Waals surface area contributed by atoms with Crippen molar-refractivity contribution in [1.82, 2.24) is 0 Å². The van der Waals surface area contributed by atoms with E-state index < -0.39 is 0 Å². The van der Waals surface area contributed by atoms with E-state index in [1.165, 1.54) is 0 Å². The highest BCUT2D eigenvalue weighted by Gasteiger charge is 2.06. The first-order valence-corrected chi connectivity index (χ1v) is 4.84. The van der Waals surface area contributed by atoms with Crippen LogP contribution in [0.15, 0.2) is 30.4 Å². The van der Waals surface area contributed by atoms with Crippen LogP contribution in [0.4, 0.5) is 0 Å². The number of hydrogen-bond acceptors (Lipinski definition) is 2. The van der Waals surface area contributed by atoms with Crippen LogP contribution in [0.5, 0.6) is 5.75 Å². The average Bonchev–Trinajstić information content (AvgIpc) is 2.16. The van der Waals surface area contributed by atoms with Crippen molar-refractivity contribution < 1.29 is 4.74 Å². The Kier molecular flexibility index (Phi) is 4.26. The number of rotatable bonds is 4. The molecule has 0 spiro atoms. The van der Waals surface area contributed by atoms with Crippen LogP contribution in [0.3, 0.4) is 0 Å². The predicted octanol–water partition coefficient (Wildman–Crippen LogP) is 2.89. The highest BCUT2D eigenvalue weighted by atomic mass is 35.5. The molecule has 2 nitrogen and oxygen atoms in total. The van der Waals surface area contributed by atoms with Gasteiger partial charge in [-0.2, -0.15) is 0 Å². The first-order chi connectivity index (χ1) is 6.65. The topological polar surface area (TPSA) is 35.2 Å². The molecule has 0 bridgehead atoms. The molecular formula is C10H11Cl2NO. The molecule has 0 radical (unpaired) electrons. The van der Waals surface area contributed by atoms with Gasteiger partial charge in [-0.1, -0.05) is 35.8 Å². The summed E-state index contributed by atoms with van der Waals surface area (Å²) < 4.78 is 5.38. The maximum Gasteiger partial charge on any atom is 0.156 e. The molecule has 2 N–H and O–H groups in total.